The van der Waals surface area contributed by atoms with Gasteiger partial charge < -0.3 is 4.90 Å². The number of hydrogen-bond donors (Lipinski definition) is 0. The van der Waals surface area contributed by atoms with Crippen LogP contribution in [-0.4, -0.2) is 13.1 Å². The molecule has 0 N–H and O–H groups in total. The molecular weight excluding hydrogens is 182 g/mol. The van der Waals surface area contributed by atoms with Crippen LogP contribution in [0.4, 0.5) is 5.69 Å². The van der Waals surface area contributed by atoms with Crippen molar-refractivity contribution >= 4 is 5.69 Å². The average molecular weight is 203 g/mol. The molecule has 1 nitrogen and oxygen atoms in total. The zero-order chi connectivity index (χ0) is 10.8. The molecule has 0 unspecified atom stereocenters. The summed E-state index contributed by atoms with van der Waals surface area (Å²) >= 11 is 0. The van der Waals surface area contributed by atoms with E-state index in [0.717, 1.165) is 5.92 Å². The summed E-state index contributed by atoms with van der Waals surface area (Å²) in [5.74, 6) is 1.49. The Bertz CT molecular complexity index is 313. The highest BCUT2D eigenvalue weighted by molar-refractivity contribution is 5.48. The van der Waals surface area contributed by atoms with Crippen LogP contribution < -0.4 is 4.90 Å². The minimum Gasteiger partial charge on any atom is -0.371 e. The first-order valence-electron chi connectivity index (χ1n) is 6.01. The second-order valence-corrected chi connectivity index (χ2v) is 5.09. The van der Waals surface area contributed by atoms with E-state index >= 15 is 0 Å². The fraction of sp³-hybridized carbons (Fsp3) is 0.571. The molecule has 1 atom stereocenters. The van der Waals surface area contributed by atoms with Gasteiger partial charge in [-0.15, -0.1) is 0 Å². The van der Waals surface area contributed by atoms with Crippen molar-refractivity contribution < 1.29 is 0 Å². The molecule has 1 saturated heterocycles. The van der Waals surface area contributed by atoms with Crippen molar-refractivity contribution in [3.63, 3.8) is 0 Å². The molecule has 15 heavy (non-hydrogen) atoms. The van der Waals surface area contributed by atoms with Gasteiger partial charge >= 0.3 is 0 Å². The highest BCUT2D eigenvalue weighted by Crippen LogP contribution is 2.25. The molecule has 0 amide bonds. The molecule has 1 heteroatoms. The van der Waals surface area contributed by atoms with Crippen molar-refractivity contribution in [1.29, 1.82) is 0 Å². The lowest BCUT2D eigenvalue weighted by atomic mass is 10.0. The van der Waals surface area contributed by atoms with Crippen molar-refractivity contribution in [2.45, 2.75) is 33.1 Å². The van der Waals surface area contributed by atoms with E-state index in [-0.39, 0.29) is 0 Å². The highest BCUT2D eigenvalue weighted by atomic mass is 15.1. The summed E-state index contributed by atoms with van der Waals surface area (Å²) in [6, 6.07) is 9.08. The van der Waals surface area contributed by atoms with Crippen LogP contribution in [0.15, 0.2) is 24.3 Å². The molecule has 1 aliphatic rings. The monoisotopic (exact) mass is 203 g/mol. The summed E-state index contributed by atoms with van der Waals surface area (Å²) in [5, 5.41) is 0. The van der Waals surface area contributed by atoms with Gasteiger partial charge in [-0.2, -0.15) is 0 Å². The molecule has 0 radical (unpaired) electrons. The molecule has 82 valence electrons. The molecule has 0 spiro atoms. The number of hydrogen-bond acceptors (Lipinski definition) is 1. The summed E-state index contributed by atoms with van der Waals surface area (Å²) in [7, 11) is 0. The summed E-state index contributed by atoms with van der Waals surface area (Å²) < 4.78 is 0. The van der Waals surface area contributed by atoms with E-state index in [1.807, 2.05) is 0 Å². The molecule has 1 heterocycles. The maximum Gasteiger partial charge on any atom is 0.0366 e. The zero-order valence-corrected chi connectivity index (χ0v) is 10.0. The number of benzene rings is 1. The van der Waals surface area contributed by atoms with Gasteiger partial charge in [-0.1, -0.05) is 32.9 Å². The van der Waals surface area contributed by atoms with Gasteiger partial charge in [0.2, 0.25) is 0 Å². The lowest BCUT2D eigenvalue weighted by Gasteiger charge is -2.18. The molecular formula is C14H21N. The van der Waals surface area contributed by atoms with Crippen molar-refractivity contribution in [1.82, 2.24) is 0 Å². The van der Waals surface area contributed by atoms with Crippen LogP contribution in [-0.2, 0) is 0 Å². The van der Waals surface area contributed by atoms with Crippen LogP contribution in [0, 0.1) is 5.92 Å². The molecule has 1 fully saturated rings. The fourth-order valence-electron chi connectivity index (χ4n) is 2.24. The van der Waals surface area contributed by atoms with Crippen molar-refractivity contribution in [2.24, 2.45) is 5.92 Å². The van der Waals surface area contributed by atoms with Crippen molar-refractivity contribution in [3.8, 4) is 0 Å². The maximum atomic E-state index is 2.49. The number of rotatable bonds is 2. The van der Waals surface area contributed by atoms with Crippen LogP contribution in [0.5, 0.6) is 0 Å². The minimum atomic E-state index is 0.636. The van der Waals surface area contributed by atoms with Crippen LogP contribution in [0.1, 0.15) is 38.7 Å². The van der Waals surface area contributed by atoms with E-state index in [1.54, 1.807) is 0 Å². The van der Waals surface area contributed by atoms with Gasteiger partial charge in [-0.25, -0.2) is 0 Å². The quantitative estimate of drug-likeness (QED) is 0.709. The van der Waals surface area contributed by atoms with Crippen LogP contribution >= 0.6 is 0 Å². The third-order valence-electron chi connectivity index (χ3n) is 3.35. The fourth-order valence-corrected chi connectivity index (χ4v) is 2.24. The summed E-state index contributed by atoms with van der Waals surface area (Å²) in [4.78, 5) is 2.49. The largest absolute Gasteiger partial charge is 0.371 e. The van der Waals surface area contributed by atoms with Crippen molar-refractivity contribution in [3.05, 3.63) is 29.8 Å². The van der Waals surface area contributed by atoms with Crippen molar-refractivity contribution in [2.75, 3.05) is 18.0 Å². The third kappa shape index (κ3) is 2.34. The highest BCUT2D eigenvalue weighted by Gasteiger charge is 2.18. The first kappa shape index (κ1) is 10.5. The molecule has 0 bridgehead atoms. The topological polar surface area (TPSA) is 3.24 Å². The second-order valence-electron chi connectivity index (χ2n) is 5.09. The second kappa shape index (κ2) is 4.26. The summed E-state index contributed by atoms with van der Waals surface area (Å²) in [5.41, 5.74) is 2.83. The van der Waals surface area contributed by atoms with Gasteiger partial charge in [0.1, 0.15) is 0 Å². The molecule has 2 rings (SSSR count). The van der Waals surface area contributed by atoms with Crippen LogP contribution in [0.25, 0.3) is 0 Å². The third-order valence-corrected chi connectivity index (χ3v) is 3.35. The Morgan fingerprint density at radius 1 is 1.20 bits per heavy atom. The normalized spacial score (nSPS) is 21.3. The smallest absolute Gasteiger partial charge is 0.0366 e. The van der Waals surface area contributed by atoms with E-state index in [0.29, 0.717) is 5.92 Å². The summed E-state index contributed by atoms with van der Waals surface area (Å²) in [6.45, 7) is 9.27. The lowest BCUT2D eigenvalue weighted by molar-refractivity contribution is 0.659. The SMILES string of the molecule is CC(C)c1ccc(N2CC[C@H](C)C2)cc1. The first-order chi connectivity index (χ1) is 7.16. The van der Waals surface area contributed by atoms with Gasteiger partial charge in [-0.05, 0) is 36.0 Å². The Labute approximate surface area is 93.1 Å². The predicted octanol–water partition coefficient (Wildman–Crippen LogP) is 3.66. The Morgan fingerprint density at radius 2 is 1.87 bits per heavy atom. The van der Waals surface area contributed by atoms with Crippen LogP contribution in [0.2, 0.25) is 0 Å². The predicted molar refractivity (Wildman–Crippen MR) is 66.5 cm³/mol. The summed E-state index contributed by atoms with van der Waals surface area (Å²) in [6.07, 6.45) is 1.34. The molecule has 1 aliphatic heterocycles. The zero-order valence-electron chi connectivity index (χ0n) is 10.0. The lowest BCUT2D eigenvalue weighted by Crippen LogP contribution is -2.18. The average Bonchev–Trinajstić information content (AvgIpc) is 2.65. The standard InChI is InChI=1S/C14H21N/c1-11(2)13-4-6-14(7-5-13)15-9-8-12(3)10-15/h4-7,11-12H,8-10H2,1-3H3/t12-/m0/s1. The van der Waals surface area contributed by atoms with E-state index < -0.39 is 0 Å². The minimum absolute atomic E-state index is 0.636. The van der Waals surface area contributed by atoms with Gasteiger partial charge in [0.25, 0.3) is 0 Å². The van der Waals surface area contributed by atoms with Gasteiger partial charge in [0.15, 0.2) is 0 Å². The Morgan fingerprint density at radius 3 is 2.33 bits per heavy atom. The molecule has 0 aromatic heterocycles. The van der Waals surface area contributed by atoms with Gasteiger partial charge in [0, 0.05) is 18.8 Å². The Kier molecular flexibility index (Phi) is 2.99. The van der Waals surface area contributed by atoms with Crippen LogP contribution in [0.3, 0.4) is 0 Å². The van der Waals surface area contributed by atoms with Gasteiger partial charge in [0.05, 0.1) is 0 Å². The maximum absolute atomic E-state index is 2.49. The van der Waals surface area contributed by atoms with E-state index in [9.17, 15) is 0 Å². The first-order valence-corrected chi connectivity index (χ1v) is 6.01. The number of anilines is 1. The molecule has 1 aromatic carbocycles. The Hall–Kier alpha value is -0.980. The molecule has 0 saturated carbocycles. The number of nitrogens with zero attached hydrogens (tertiary/aromatic N) is 1. The van der Waals surface area contributed by atoms with Gasteiger partial charge in [-0.3, -0.25) is 0 Å². The van der Waals surface area contributed by atoms with E-state index in [1.165, 1.54) is 30.8 Å². The molecule has 0 aliphatic carbocycles. The van der Waals surface area contributed by atoms with E-state index in [2.05, 4.69) is 49.9 Å². The Balaban J connectivity index is 2.10. The molecule has 1 aromatic rings. The van der Waals surface area contributed by atoms with E-state index in [4.69, 9.17) is 0 Å².